The Hall–Kier alpha value is -2.73. The normalized spacial score (nSPS) is 22.9. The highest BCUT2D eigenvalue weighted by Crippen LogP contribution is 2.48. The molecule has 5 rings (SSSR count). The number of H-pyrrole nitrogens is 1. The van der Waals surface area contributed by atoms with Crippen LogP contribution in [0.25, 0.3) is 10.8 Å². The van der Waals surface area contributed by atoms with Crippen molar-refractivity contribution in [2.45, 2.75) is 24.8 Å². The van der Waals surface area contributed by atoms with E-state index in [1.165, 1.54) is 5.56 Å². The number of anilines is 1. The van der Waals surface area contributed by atoms with Crippen molar-refractivity contribution in [2.24, 2.45) is 5.92 Å². The van der Waals surface area contributed by atoms with Crippen LogP contribution in [0.4, 0.5) is 5.69 Å². The maximum absolute atomic E-state index is 12.3. The second kappa shape index (κ2) is 6.21. The summed E-state index contributed by atoms with van der Waals surface area (Å²) in [5.74, 6) is 0.727. The van der Waals surface area contributed by atoms with Crippen molar-refractivity contribution in [3.63, 3.8) is 0 Å². The molecule has 2 aliphatic rings. The van der Waals surface area contributed by atoms with Gasteiger partial charge < -0.3 is 10.6 Å². The molecule has 6 nitrogen and oxygen atoms in total. The molecule has 0 spiro atoms. The van der Waals surface area contributed by atoms with Crippen LogP contribution in [-0.4, -0.2) is 28.3 Å². The van der Waals surface area contributed by atoms with Gasteiger partial charge in [-0.05, 0) is 61.7 Å². The third-order valence-corrected chi connectivity index (χ3v) is 5.79. The Morgan fingerprint density at radius 1 is 1.04 bits per heavy atom. The van der Waals surface area contributed by atoms with E-state index in [2.05, 4.69) is 37.9 Å². The van der Waals surface area contributed by atoms with Crippen LogP contribution in [0.3, 0.4) is 0 Å². The van der Waals surface area contributed by atoms with Crippen molar-refractivity contribution >= 4 is 16.5 Å². The molecule has 6 heteroatoms. The SMILES string of the molecule is O=c1[nH]nc2c3c(cccc13)NC(c1ccncc1)C2C1CCNCC1. The Labute approximate surface area is 151 Å². The van der Waals surface area contributed by atoms with E-state index < -0.39 is 0 Å². The number of nitrogens with zero attached hydrogens (tertiary/aromatic N) is 2. The van der Waals surface area contributed by atoms with E-state index in [4.69, 9.17) is 0 Å². The maximum atomic E-state index is 12.3. The first-order chi connectivity index (χ1) is 12.8. The van der Waals surface area contributed by atoms with Gasteiger partial charge in [0.2, 0.25) is 0 Å². The zero-order valence-corrected chi connectivity index (χ0v) is 14.4. The number of nitrogens with one attached hydrogen (secondary N) is 3. The molecule has 4 heterocycles. The summed E-state index contributed by atoms with van der Waals surface area (Å²) in [6, 6.07) is 10.1. The molecule has 2 aromatic heterocycles. The monoisotopic (exact) mass is 347 g/mol. The number of pyridine rings is 1. The van der Waals surface area contributed by atoms with Crippen LogP contribution < -0.4 is 16.2 Å². The topological polar surface area (TPSA) is 82.7 Å². The molecule has 2 atom stereocenters. The largest absolute Gasteiger partial charge is 0.377 e. The summed E-state index contributed by atoms with van der Waals surface area (Å²) in [6.07, 6.45) is 5.90. The number of aromatic nitrogens is 3. The van der Waals surface area contributed by atoms with Gasteiger partial charge in [0.15, 0.2) is 0 Å². The maximum Gasteiger partial charge on any atom is 0.272 e. The lowest BCUT2D eigenvalue weighted by Gasteiger charge is -2.40. The summed E-state index contributed by atoms with van der Waals surface area (Å²) in [5, 5.41) is 16.1. The summed E-state index contributed by atoms with van der Waals surface area (Å²) in [5.41, 5.74) is 3.09. The summed E-state index contributed by atoms with van der Waals surface area (Å²) < 4.78 is 0. The van der Waals surface area contributed by atoms with Crippen molar-refractivity contribution < 1.29 is 0 Å². The molecule has 3 N–H and O–H groups in total. The smallest absolute Gasteiger partial charge is 0.272 e. The van der Waals surface area contributed by atoms with Crippen LogP contribution in [0.15, 0.2) is 47.5 Å². The lowest BCUT2D eigenvalue weighted by Crippen LogP contribution is -2.37. The summed E-state index contributed by atoms with van der Waals surface area (Å²) in [4.78, 5) is 16.5. The van der Waals surface area contributed by atoms with Gasteiger partial charge >= 0.3 is 0 Å². The Balaban J connectivity index is 1.73. The van der Waals surface area contributed by atoms with Crippen LogP contribution >= 0.6 is 0 Å². The van der Waals surface area contributed by atoms with Crippen molar-refractivity contribution in [1.29, 1.82) is 0 Å². The van der Waals surface area contributed by atoms with Gasteiger partial charge in [0.05, 0.1) is 17.1 Å². The first-order valence-electron chi connectivity index (χ1n) is 9.21. The van der Waals surface area contributed by atoms with Gasteiger partial charge in [-0.25, -0.2) is 5.10 Å². The first-order valence-corrected chi connectivity index (χ1v) is 9.21. The molecule has 1 aromatic carbocycles. The number of rotatable bonds is 2. The van der Waals surface area contributed by atoms with Crippen LogP contribution in [0.2, 0.25) is 0 Å². The van der Waals surface area contributed by atoms with E-state index >= 15 is 0 Å². The lowest BCUT2D eigenvalue weighted by atomic mass is 9.73. The van der Waals surface area contributed by atoms with Gasteiger partial charge in [0.1, 0.15) is 0 Å². The molecule has 3 aromatic rings. The Morgan fingerprint density at radius 2 is 1.85 bits per heavy atom. The molecule has 0 saturated carbocycles. The van der Waals surface area contributed by atoms with Crippen molar-refractivity contribution in [1.82, 2.24) is 20.5 Å². The molecule has 2 unspecified atom stereocenters. The fourth-order valence-corrected chi connectivity index (χ4v) is 4.58. The third kappa shape index (κ3) is 2.41. The quantitative estimate of drug-likeness (QED) is 0.664. The Morgan fingerprint density at radius 3 is 2.65 bits per heavy atom. The molecule has 0 amide bonds. The van der Waals surface area contributed by atoms with Gasteiger partial charge in [-0.15, -0.1) is 0 Å². The fourth-order valence-electron chi connectivity index (χ4n) is 4.58. The third-order valence-electron chi connectivity index (χ3n) is 5.79. The standard InChI is InChI=1S/C20H21N5O/c26-20-14-2-1-3-15-17(14)19(24-25-20)16(12-4-8-21-9-5-12)18(23-15)13-6-10-22-11-7-13/h1-3,6-7,10-12,16,18,21,23H,4-5,8-9H2,(H,25,26). The van der Waals surface area contributed by atoms with E-state index in [1.807, 2.05) is 30.6 Å². The van der Waals surface area contributed by atoms with Gasteiger partial charge in [0.25, 0.3) is 5.56 Å². The number of aromatic amines is 1. The average Bonchev–Trinajstić information content (AvgIpc) is 2.71. The first kappa shape index (κ1) is 15.5. The number of hydrogen-bond donors (Lipinski definition) is 3. The zero-order chi connectivity index (χ0) is 17.5. The van der Waals surface area contributed by atoms with Gasteiger partial charge in [0, 0.05) is 29.4 Å². The van der Waals surface area contributed by atoms with E-state index in [-0.39, 0.29) is 17.5 Å². The zero-order valence-electron chi connectivity index (χ0n) is 14.4. The van der Waals surface area contributed by atoms with Crippen LogP contribution in [0.1, 0.15) is 36.1 Å². The highest BCUT2D eigenvalue weighted by molar-refractivity contribution is 5.96. The highest BCUT2D eigenvalue weighted by atomic mass is 16.1. The van der Waals surface area contributed by atoms with Gasteiger partial charge in [-0.1, -0.05) is 6.07 Å². The molecule has 0 aliphatic carbocycles. The van der Waals surface area contributed by atoms with Crippen molar-refractivity contribution in [3.8, 4) is 0 Å². The fraction of sp³-hybridized carbons (Fsp3) is 0.350. The molecule has 2 aliphatic heterocycles. The lowest BCUT2D eigenvalue weighted by molar-refractivity contribution is 0.291. The molecule has 26 heavy (non-hydrogen) atoms. The molecule has 1 saturated heterocycles. The van der Waals surface area contributed by atoms with E-state index in [1.54, 1.807) is 0 Å². The predicted molar refractivity (Wildman–Crippen MR) is 101 cm³/mol. The highest BCUT2D eigenvalue weighted by Gasteiger charge is 2.38. The Bertz CT molecular complexity index is 994. The summed E-state index contributed by atoms with van der Waals surface area (Å²) >= 11 is 0. The molecular formula is C20H21N5O. The van der Waals surface area contributed by atoms with E-state index in [0.29, 0.717) is 11.3 Å². The summed E-state index contributed by atoms with van der Waals surface area (Å²) in [6.45, 7) is 2.05. The van der Waals surface area contributed by atoms with Crippen molar-refractivity contribution in [2.75, 3.05) is 18.4 Å². The number of hydrogen-bond acceptors (Lipinski definition) is 5. The molecule has 0 radical (unpaired) electrons. The predicted octanol–water partition coefficient (Wildman–Crippen LogP) is 2.57. The minimum absolute atomic E-state index is 0.123. The second-order valence-electron chi connectivity index (χ2n) is 7.18. The molecule has 132 valence electrons. The van der Waals surface area contributed by atoms with Gasteiger partial charge in [-0.2, -0.15) is 5.10 Å². The van der Waals surface area contributed by atoms with Crippen LogP contribution in [-0.2, 0) is 0 Å². The average molecular weight is 347 g/mol. The number of benzene rings is 1. The van der Waals surface area contributed by atoms with Gasteiger partial charge in [-0.3, -0.25) is 9.78 Å². The van der Waals surface area contributed by atoms with E-state index in [0.717, 1.165) is 42.7 Å². The molecule has 1 fully saturated rings. The van der Waals surface area contributed by atoms with E-state index in [9.17, 15) is 4.79 Å². The second-order valence-corrected chi connectivity index (χ2v) is 7.18. The molecular weight excluding hydrogens is 326 g/mol. The van der Waals surface area contributed by atoms with Crippen LogP contribution in [0, 0.1) is 5.92 Å². The van der Waals surface area contributed by atoms with Crippen LogP contribution in [0.5, 0.6) is 0 Å². The minimum Gasteiger partial charge on any atom is -0.377 e. The minimum atomic E-state index is -0.126. The number of piperidine rings is 1. The van der Waals surface area contributed by atoms with Crippen molar-refractivity contribution in [3.05, 3.63) is 64.3 Å². The molecule has 0 bridgehead atoms. The Kier molecular flexibility index (Phi) is 3.71. The summed E-state index contributed by atoms with van der Waals surface area (Å²) in [7, 11) is 0.